The zero-order chi connectivity index (χ0) is 23.5. The van der Waals surface area contributed by atoms with E-state index in [2.05, 4.69) is 10.6 Å². The summed E-state index contributed by atoms with van der Waals surface area (Å²) in [6, 6.07) is 9.58. The molecule has 0 fully saturated rings. The lowest BCUT2D eigenvalue weighted by Crippen LogP contribution is -2.25. The van der Waals surface area contributed by atoms with Crippen LogP contribution in [-0.2, 0) is 14.3 Å². The van der Waals surface area contributed by atoms with Crippen molar-refractivity contribution in [3.63, 3.8) is 0 Å². The average Bonchev–Trinajstić information content (AvgIpc) is 2.80. The van der Waals surface area contributed by atoms with Gasteiger partial charge in [0.15, 0.2) is 18.1 Å². The Labute approximate surface area is 190 Å². The zero-order valence-electron chi connectivity index (χ0n) is 18.0. The van der Waals surface area contributed by atoms with Crippen molar-refractivity contribution in [2.75, 3.05) is 39.8 Å². The first-order valence-corrected chi connectivity index (χ1v) is 10.0. The van der Waals surface area contributed by atoms with Crippen molar-refractivity contribution in [2.24, 2.45) is 0 Å². The van der Waals surface area contributed by atoms with Crippen LogP contribution in [-0.4, -0.2) is 52.3 Å². The molecule has 2 aromatic rings. The van der Waals surface area contributed by atoms with Gasteiger partial charge >= 0.3 is 5.97 Å². The van der Waals surface area contributed by atoms with E-state index in [-0.39, 0.29) is 18.9 Å². The molecule has 10 heteroatoms. The van der Waals surface area contributed by atoms with Gasteiger partial charge < -0.3 is 29.6 Å². The number of amides is 2. The highest BCUT2D eigenvalue weighted by Crippen LogP contribution is 2.39. The molecule has 0 heterocycles. The molecule has 172 valence electrons. The first-order chi connectivity index (χ1) is 15.4. The van der Waals surface area contributed by atoms with Gasteiger partial charge in [0, 0.05) is 41.4 Å². The largest absolute Gasteiger partial charge is 0.493 e. The van der Waals surface area contributed by atoms with Gasteiger partial charge in [0.2, 0.25) is 5.75 Å². The molecular weight excluding hydrogens is 440 g/mol. The van der Waals surface area contributed by atoms with Crippen molar-refractivity contribution in [1.29, 1.82) is 0 Å². The van der Waals surface area contributed by atoms with Gasteiger partial charge in [-0.1, -0.05) is 11.6 Å². The van der Waals surface area contributed by atoms with Crippen molar-refractivity contribution >= 4 is 35.1 Å². The molecule has 0 aliphatic heterocycles. The van der Waals surface area contributed by atoms with Crippen LogP contribution >= 0.6 is 11.6 Å². The lowest BCUT2D eigenvalue weighted by atomic mass is 10.2. The molecule has 0 radical (unpaired) electrons. The van der Waals surface area contributed by atoms with Crippen molar-refractivity contribution in [1.82, 2.24) is 5.32 Å². The van der Waals surface area contributed by atoms with Gasteiger partial charge in [-0.3, -0.25) is 14.4 Å². The maximum Gasteiger partial charge on any atom is 0.306 e. The molecule has 0 spiro atoms. The minimum Gasteiger partial charge on any atom is -0.493 e. The number of rotatable bonds is 11. The van der Waals surface area contributed by atoms with Gasteiger partial charge in [0.05, 0.1) is 21.3 Å². The summed E-state index contributed by atoms with van der Waals surface area (Å²) < 4.78 is 20.7. The fourth-order valence-electron chi connectivity index (χ4n) is 2.71. The molecule has 0 saturated carbocycles. The highest BCUT2D eigenvalue weighted by molar-refractivity contribution is 6.30. The van der Waals surface area contributed by atoms with Gasteiger partial charge in [-0.05, 0) is 30.7 Å². The van der Waals surface area contributed by atoms with Crippen LogP contribution in [0.3, 0.4) is 0 Å². The third kappa shape index (κ3) is 7.35. The number of ether oxygens (including phenoxy) is 4. The van der Waals surface area contributed by atoms with E-state index >= 15 is 0 Å². The van der Waals surface area contributed by atoms with Gasteiger partial charge in [0.25, 0.3) is 11.8 Å². The number of carbonyl (C=O) groups is 3. The van der Waals surface area contributed by atoms with Crippen molar-refractivity contribution in [3.8, 4) is 17.2 Å². The van der Waals surface area contributed by atoms with Crippen LogP contribution in [0, 0.1) is 0 Å². The summed E-state index contributed by atoms with van der Waals surface area (Å²) >= 11 is 5.79. The maximum absolute atomic E-state index is 12.1. The number of hydrogen-bond acceptors (Lipinski definition) is 7. The van der Waals surface area contributed by atoms with E-state index in [0.29, 0.717) is 39.9 Å². The molecule has 0 aromatic heterocycles. The van der Waals surface area contributed by atoms with Crippen LogP contribution in [0.15, 0.2) is 36.4 Å². The number of anilines is 1. The lowest BCUT2D eigenvalue weighted by molar-refractivity contribution is -0.147. The van der Waals surface area contributed by atoms with Gasteiger partial charge in [-0.15, -0.1) is 0 Å². The Balaban J connectivity index is 1.73. The summed E-state index contributed by atoms with van der Waals surface area (Å²) in [6.45, 7) is -0.166. The van der Waals surface area contributed by atoms with E-state index < -0.39 is 18.5 Å². The third-order valence-corrected chi connectivity index (χ3v) is 4.51. The summed E-state index contributed by atoms with van der Waals surface area (Å²) in [6.07, 6.45) is 0.422. The maximum atomic E-state index is 12.1. The minimum atomic E-state index is -0.550. The van der Waals surface area contributed by atoms with E-state index in [1.807, 2.05) is 0 Å². The zero-order valence-corrected chi connectivity index (χ0v) is 18.8. The molecular formula is C22H25ClN2O7. The Bertz CT molecular complexity index is 923. The average molecular weight is 465 g/mol. The van der Waals surface area contributed by atoms with Crippen molar-refractivity contribution in [2.45, 2.75) is 12.8 Å². The lowest BCUT2D eigenvalue weighted by Gasteiger charge is -2.14. The fraction of sp³-hybridized carbons (Fsp3) is 0.318. The van der Waals surface area contributed by atoms with Gasteiger partial charge in [-0.2, -0.15) is 0 Å². The van der Waals surface area contributed by atoms with Gasteiger partial charge in [-0.25, -0.2) is 0 Å². The van der Waals surface area contributed by atoms with Crippen molar-refractivity contribution in [3.05, 3.63) is 47.0 Å². The molecule has 0 atom stereocenters. The molecule has 2 N–H and O–H groups in total. The number of benzene rings is 2. The number of hydrogen-bond donors (Lipinski definition) is 2. The third-order valence-electron chi connectivity index (χ3n) is 4.26. The van der Waals surface area contributed by atoms with E-state index in [9.17, 15) is 14.4 Å². The second-order valence-electron chi connectivity index (χ2n) is 6.49. The summed E-state index contributed by atoms with van der Waals surface area (Å²) in [5, 5.41) is 5.84. The Kier molecular flexibility index (Phi) is 9.62. The van der Waals surface area contributed by atoms with E-state index in [1.54, 1.807) is 36.4 Å². The van der Waals surface area contributed by atoms with Crippen molar-refractivity contribution < 1.29 is 33.3 Å². The molecule has 9 nitrogen and oxygen atoms in total. The summed E-state index contributed by atoms with van der Waals surface area (Å²) in [7, 11) is 4.40. The number of nitrogens with one attached hydrogen (secondary N) is 2. The van der Waals surface area contributed by atoms with E-state index in [0.717, 1.165) is 0 Å². The number of esters is 1. The molecule has 2 amide bonds. The van der Waals surface area contributed by atoms with Crippen LogP contribution < -0.4 is 24.8 Å². The Morgan fingerprint density at radius 1 is 0.938 bits per heavy atom. The monoisotopic (exact) mass is 464 g/mol. The standard InChI is InChI=1S/C22H25ClN2O7/c1-29-17-11-16(12-18(30-2)21(17)31-3)25-19(26)13-32-20(27)5-4-10-24-22(28)14-6-8-15(23)9-7-14/h6-9,11-12H,4-5,10,13H2,1-3H3,(H,24,28)(H,25,26). The summed E-state index contributed by atoms with van der Waals surface area (Å²) in [5.74, 6) is -0.198. The topological polar surface area (TPSA) is 112 Å². The Morgan fingerprint density at radius 3 is 2.12 bits per heavy atom. The SMILES string of the molecule is COc1cc(NC(=O)COC(=O)CCCNC(=O)c2ccc(Cl)cc2)cc(OC)c1OC. The van der Waals surface area contributed by atoms with Crippen LogP contribution in [0.2, 0.25) is 5.02 Å². The summed E-state index contributed by atoms with van der Waals surface area (Å²) in [4.78, 5) is 35.9. The molecule has 0 aliphatic rings. The predicted molar refractivity (Wildman–Crippen MR) is 119 cm³/mol. The second-order valence-corrected chi connectivity index (χ2v) is 6.93. The van der Waals surface area contributed by atoms with Crippen LogP contribution in [0.25, 0.3) is 0 Å². The molecule has 0 saturated heterocycles. The van der Waals surface area contributed by atoms with Gasteiger partial charge in [0.1, 0.15) is 0 Å². The second kappa shape index (κ2) is 12.4. The first kappa shape index (κ1) is 24.8. The number of carbonyl (C=O) groups excluding carboxylic acids is 3. The van der Waals surface area contributed by atoms with Crippen LogP contribution in [0.5, 0.6) is 17.2 Å². The van der Waals surface area contributed by atoms with Crippen LogP contribution in [0.4, 0.5) is 5.69 Å². The quantitative estimate of drug-likeness (QED) is 0.388. The minimum absolute atomic E-state index is 0.0539. The van der Waals surface area contributed by atoms with Crippen LogP contribution in [0.1, 0.15) is 23.2 Å². The molecule has 0 bridgehead atoms. The predicted octanol–water partition coefficient (Wildman–Crippen LogP) is 3.06. The smallest absolute Gasteiger partial charge is 0.306 e. The number of methoxy groups -OCH3 is 3. The highest BCUT2D eigenvalue weighted by atomic mass is 35.5. The molecule has 2 aromatic carbocycles. The van der Waals surface area contributed by atoms with E-state index in [4.69, 9.17) is 30.5 Å². The Morgan fingerprint density at radius 2 is 1.56 bits per heavy atom. The molecule has 0 aliphatic carbocycles. The molecule has 0 unspecified atom stereocenters. The molecule has 32 heavy (non-hydrogen) atoms. The first-order valence-electron chi connectivity index (χ1n) is 9.67. The normalized spacial score (nSPS) is 10.1. The molecule has 2 rings (SSSR count). The van der Waals surface area contributed by atoms with E-state index in [1.165, 1.54) is 21.3 Å². The number of halogens is 1. The fourth-order valence-corrected chi connectivity index (χ4v) is 2.83. The Hall–Kier alpha value is -3.46. The highest BCUT2D eigenvalue weighted by Gasteiger charge is 2.15. The summed E-state index contributed by atoms with van der Waals surface area (Å²) in [5.41, 5.74) is 0.867.